The number of hydrogen-bond acceptors (Lipinski definition) is 1. The van der Waals surface area contributed by atoms with Gasteiger partial charge in [0.2, 0.25) is 0 Å². The van der Waals surface area contributed by atoms with E-state index in [9.17, 15) is 0 Å². The Kier molecular flexibility index (Phi) is 4.31. The van der Waals surface area contributed by atoms with E-state index in [-0.39, 0.29) is 5.41 Å². The van der Waals surface area contributed by atoms with Gasteiger partial charge in [0.05, 0.1) is 0 Å². The second-order valence-corrected chi connectivity index (χ2v) is 10.3. The van der Waals surface area contributed by atoms with Crippen LogP contribution in [-0.2, 0) is 5.41 Å². The van der Waals surface area contributed by atoms with Crippen LogP contribution in [0, 0.1) is 0 Å². The fourth-order valence-corrected chi connectivity index (χ4v) is 6.14. The third kappa shape index (κ3) is 2.89. The zero-order valence-corrected chi connectivity index (χ0v) is 20.4. The maximum atomic E-state index is 7.01. The summed E-state index contributed by atoms with van der Waals surface area (Å²) in [6, 6.07) is 36.2. The minimum Gasteiger partial charge on any atom is -0.455 e. The lowest BCUT2D eigenvalue weighted by Gasteiger charge is -2.21. The highest BCUT2D eigenvalue weighted by Crippen LogP contribution is 2.52. The van der Waals surface area contributed by atoms with Gasteiger partial charge in [-0.2, -0.15) is 0 Å². The van der Waals surface area contributed by atoms with Crippen molar-refractivity contribution in [1.82, 2.24) is 0 Å². The summed E-state index contributed by atoms with van der Waals surface area (Å²) in [6.07, 6.45) is 0. The second-order valence-electron chi connectivity index (χ2n) is 9.87. The normalized spacial score (nSPS) is 13.8. The molecule has 6 aromatic rings. The predicted octanol–water partition coefficient (Wildman–Crippen LogP) is 9.88. The molecule has 168 valence electrons. The highest BCUT2D eigenvalue weighted by atomic mass is 35.5. The third-order valence-corrected chi connectivity index (χ3v) is 7.89. The summed E-state index contributed by atoms with van der Waals surface area (Å²) in [4.78, 5) is 0. The first-order valence-corrected chi connectivity index (χ1v) is 12.4. The molecule has 0 saturated heterocycles. The SMILES string of the molecule is CC1(C)c2ccccc2-c2c(-c3ccc(-c4cccc5c4oc4ccccc45)cc3Cl)cccc21. The lowest BCUT2D eigenvalue weighted by Crippen LogP contribution is -2.14. The molecule has 1 heterocycles. The van der Waals surface area contributed by atoms with Crippen molar-refractivity contribution in [3.63, 3.8) is 0 Å². The molecule has 0 fully saturated rings. The molecule has 0 N–H and O–H groups in total. The van der Waals surface area contributed by atoms with Crippen molar-refractivity contribution in [2.24, 2.45) is 0 Å². The van der Waals surface area contributed by atoms with Crippen molar-refractivity contribution < 1.29 is 4.42 Å². The maximum absolute atomic E-state index is 7.01. The minimum atomic E-state index is -0.0364. The van der Waals surface area contributed by atoms with Gasteiger partial charge in [0.25, 0.3) is 0 Å². The van der Waals surface area contributed by atoms with E-state index in [0.29, 0.717) is 0 Å². The standard InChI is InChI=1S/C33H23ClO/c1-33(2)27-14-5-3-10-26(27)31-24(12-8-15-28(31)33)22-18-17-20(19-29(22)34)21-11-7-13-25-23-9-4-6-16-30(23)35-32(21)25/h3-19H,1-2H3. The van der Waals surface area contributed by atoms with E-state index in [4.69, 9.17) is 16.0 Å². The Bertz CT molecular complexity index is 1790. The van der Waals surface area contributed by atoms with Crippen LogP contribution in [0.2, 0.25) is 5.02 Å². The second kappa shape index (κ2) is 7.34. The van der Waals surface area contributed by atoms with Gasteiger partial charge in [0, 0.05) is 32.3 Å². The molecule has 1 aliphatic carbocycles. The summed E-state index contributed by atoms with van der Waals surface area (Å²) in [6.45, 7) is 4.61. The monoisotopic (exact) mass is 470 g/mol. The molecule has 35 heavy (non-hydrogen) atoms. The summed E-state index contributed by atoms with van der Waals surface area (Å²) < 4.78 is 6.27. The van der Waals surface area contributed by atoms with Gasteiger partial charge in [-0.15, -0.1) is 0 Å². The Morgan fingerprint density at radius 2 is 1.29 bits per heavy atom. The predicted molar refractivity (Wildman–Crippen MR) is 147 cm³/mol. The molecule has 0 saturated carbocycles. The molecule has 1 aliphatic rings. The van der Waals surface area contributed by atoms with Gasteiger partial charge in [-0.25, -0.2) is 0 Å². The number of para-hydroxylation sites is 2. The van der Waals surface area contributed by atoms with Crippen molar-refractivity contribution in [2.45, 2.75) is 19.3 Å². The first-order chi connectivity index (χ1) is 17.0. The molecular weight excluding hydrogens is 448 g/mol. The van der Waals surface area contributed by atoms with Gasteiger partial charge in [0.15, 0.2) is 0 Å². The van der Waals surface area contributed by atoms with E-state index >= 15 is 0 Å². The topological polar surface area (TPSA) is 13.1 Å². The van der Waals surface area contributed by atoms with Gasteiger partial charge in [-0.3, -0.25) is 0 Å². The van der Waals surface area contributed by atoms with Crippen LogP contribution < -0.4 is 0 Å². The van der Waals surface area contributed by atoms with E-state index in [1.54, 1.807) is 0 Å². The highest BCUT2D eigenvalue weighted by molar-refractivity contribution is 6.34. The van der Waals surface area contributed by atoms with Gasteiger partial charge in [0.1, 0.15) is 11.2 Å². The van der Waals surface area contributed by atoms with Gasteiger partial charge < -0.3 is 4.42 Å². The molecule has 0 amide bonds. The maximum Gasteiger partial charge on any atom is 0.143 e. The summed E-state index contributed by atoms with van der Waals surface area (Å²) in [5.74, 6) is 0. The number of fused-ring (bicyclic) bond motifs is 6. The molecule has 0 bridgehead atoms. The molecule has 1 nitrogen and oxygen atoms in total. The van der Waals surface area contributed by atoms with E-state index in [0.717, 1.165) is 43.7 Å². The van der Waals surface area contributed by atoms with E-state index in [1.807, 2.05) is 18.2 Å². The molecular formula is C33H23ClO. The Hall–Kier alpha value is -3.81. The smallest absolute Gasteiger partial charge is 0.143 e. The molecule has 5 aromatic carbocycles. The summed E-state index contributed by atoms with van der Waals surface area (Å²) in [5, 5.41) is 3.00. The Labute approximate surface area is 209 Å². The average Bonchev–Trinajstić information content (AvgIpc) is 3.37. The fourth-order valence-electron chi connectivity index (χ4n) is 5.85. The number of rotatable bonds is 2. The van der Waals surface area contributed by atoms with E-state index < -0.39 is 0 Å². The first-order valence-electron chi connectivity index (χ1n) is 12.0. The van der Waals surface area contributed by atoms with Crippen molar-refractivity contribution in [2.75, 3.05) is 0 Å². The molecule has 1 aromatic heterocycles. The van der Waals surface area contributed by atoms with Crippen molar-refractivity contribution in [3.8, 4) is 33.4 Å². The fraction of sp³-hybridized carbons (Fsp3) is 0.0909. The van der Waals surface area contributed by atoms with E-state index in [2.05, 4.69) is 98.8 Å². The van der Waals surface area contributed by atoms with Gasteiger partial charge in [-0.05, 0) is 45.5 Å². The molecule has 0 atom stereocenters. The molecule has 7 rings (SSSR count). The molecule has 0 spiro atoms. The number of halogens is 1. The summed E-state index contributed by atoms with van der Waals surface area (Å²) in [5.41, 5.74) is 11.4. The van der Waals surface area contributed by atoms with Crippen LogP contribution in [0.3, 0.4) is 0 Å². The zero-order chi connectivity index (χ0) is 23.7. The average molecular weight is 471 g/mol. The summed E-state index contributed by atoms with van der Waals surface area (Å²) >= 11 is 7.01. The molecule has 2 heteroatoms. The molecule has 0 radical (unpaired) electrons. The van der Waals surface area contributed by atoms with Crippen LogP contribution >= 0.6 is 11.6 Å². The summed E-state index contributed by atoms with van der Waals surface area (Å²) in [7, 11) is 0. The molecule has 0 unspecified atom stereocenters. The van der Waals surface area contributed by atoms with Crippen molar-refractivity contribution in [1.29, 1.82) is 0 Å². The van der Waals surface area contributed by atoms with Gasteiger partial charge in [-0.1, -0.05) is 116 Å². The highest BCUT2D eigenvalue weighted by Gasteiger charge is 2.36. The Morgan fingerprint density at radius 1 is 0.600 bits per heavy atom. The largest absolute Gasteiger partial charge is 0.455 e. The van der Waals surface area contributed by atoms with Crippen LogP contribution in [0.5, 0.6) is 0 Å². The van der Waals surface area contributed by atoms with E-state index in [1.165, 1.54) is 27.8 Å². The minimum absolute atomic E-state index is 0.0364. The first kappa shape index (κ1) is 20.6. The van der Waals surface area contributed by atoms with Crippen LogP contribution in [0.25, 0.3) is 55.3 Å². The number of hydrogen-bond donors (Lipinski definition) is 0. The molecule has 0 aliphatic heterocycles. The number of benzene rings is 5. The lowest BCUT2D eigenvalue weighted by atomic mass is 9.82. The van der Waals surface area contributed by atoms with Crippen molar-refractivity contribution in [3.05, 3.63) is 119 Å². The van der Waals surface area contributed by atoms with Crippen molar-refractivity contribution >= 4 is 33.5 Å². The lowest BCUT2D eigenvalue weighted by molar-refractivity contribution is 0.660. The Morgan fingerprint density at radius 3 is 2.17 bits per heavy atom. The third-order valence-electron chi connectivity index (χ3n) is 7.58. The quantitative estimate of drug-likeness (QED) is 0.245. The van der Waals surface area contributed by atoms with Crippen LogP contribution in [0.4, 0.5) is 0 Å². The van der Waals surface area contributed by atoms with Crippen LogP contribution in [0.1, 0.15) is 25.0 Å². The number of furan rings is 1. The van der Waals surface area contributed by atoms with Gasteiger partial charge >= 0.3 is 0 Å². The van der Waals surface area contributed by atoms with Crippen LogP contribution in [-0.4, -0.2) is 0 Å². The van der Waals surface area contributed by atoms with Crippen LogP contribution in [0.15, 0.2) is 108 Å². The zero-order valence-electron chi connectivity index (χ0n) is 19.6. The Balaban J connectivity index is 1.41.